The van der Waals surface area contributed by atoms with Crippen LogP contribution in [-0.2, 0) is 20.7 Å². The number of carboxylic acids is 1. The highest BCUT2D eigenvalue weighted by atomic mass is 16.5. The van der Waals surface area contributed by atoms with Crippen molar-refractivity contribution in [2.75, 3.05) is 13.2 Å². The molecule has 1 aliphatic rings. The number of hydrogen-bond donors (Lipinski definition) is 4. The normalized spacial score (nSPS) is 12.9. The molecule has 2 amide bonds. The Morgan fingerprint density at radius 2 is 1.71 bits per heavy atom. The molecule has 0 saturated carbocycles. The second-order valence-corrected chi connectivity index (χ2v) is 8.45. The van der Waals surface area contributed by atoms with E-state index in [1.165, 1.54) is 23.7 Å². The van der Waals surface area contributed by atoms with Crippen molar-refractivity contribution < 1.29 is 24.2 Å². The van der Waals surface area contributed by atoms with E-state index < -0.39 is 18.1 Å². The number of benzene rings is 2. The molecule has 35 heavy (non-hydrogen) atoms. The number of carbonyl (C=O) groups excluding carboxylic acids is 2. The molecule has 0 aliphatic heterocycles. The number of amides is 2. The quantitative estimate of drug-likeness (QED) is 0.314. The maximum atomic E-state index is 12.2. The number of H-pyrrole nitrogens is 1. The van der Waals surface area contributed by atoms with E-state index in [0.29, 0.717) is 25.1 Å². The van der Waals surface area contributed by atoms with E-state index in [-0.39, 0.29) is 31.3 Å². The molecule has 0 unspecified atom stereocenters. The Balaban J connectivity index is 1.15. The average Bonchev–Trinajstić information content (AvgIpc) is 3.48. The highest BCUT2D eigenvalue weighted by Gasteiger charge is 2.29. The van der Waals surface area contributed by atoms with Gasteiger partial charge in [-0.2, -0.15) is 0 Å². The molecule has 0 radical (unpaired) electrons. The molecule has 182 valence electrons. The lowest BCUT2D eigenvalue weighted by Gasteiger charge is -2.15. The minimum Gasteiger partial charge on any atom is -0.480 e. The molecule has 3 aromatic rings. The predicted octanol–water partition coefficient (Wildman–Crippen LogP) is 3.23. The lowest BCUT2D eigenvalue weighted by Crippen LogP contribution is -2.42. The van der Waals surface area contributed by atoms with Gasteiger partial charge in [0.1, 0.15) is 12.6 Å². The molecule has 0 saturated heterocycles. The van der Waals surface area contributed by atoms with Gasteiger partial charge in [0.05, 0.1) is 6.33 Å². The molecule has 1 aromatic heterocycles. The van der Waals surface area contributed by atoms with Crippen molar-refractivity contribution in [3.05, 3.63) is 77.9 Å². The molecular formula is C26H28N4O5. The number of unbranched alkanes of at least 4 members (excludes halogenated alkanes) is 1. The summed E-state index contributed by atoms with van der Waals surface area (Å²) in [4.78, 5) is 42.4. The van der Waals surface area contributed by atoms with E-state index in [9.17, 15) is 19.5 Å². The van der Waals surface area contributed by atoms with Crippen LogP contribution in [0.1, 0.15) is 42.0 Å². The Kier molecular flexibility index (Phi) is 7.77. The third kappa shape index (κ3) is 6.06. The van der Waals surface area contributed by atoms with Gasteiger partial charge < -0.3 is 25.5 Å². The number of nitrogens with zero attached hydrogens (tertiary/aromatic N) is 1. The van der Waals surface area contributed by atoms with Crippen LogP contribution < -0.4 is 10.6 Å². The van der Waals surface area contributed by atoms with Crippen LogP contribution in [0, 0.1) is 0 Å². The number of alkyl carbamates (subject to hydrolysis) is 1. The minimum absolute atomic E-state index is 0.000727. The number of fused-ring (bicyclic) bond motifs is 3. The predicted molar refractivity (Wildman–Crippen MR) is 129 cm³/mol. The third-order valence-corrected chi connectivity index (χ3v) is 6.06. The van der Waals surface area contributed by atoms with Crippen LogP contribution in [0.25, 0.3) is 11.1 Å². The molecule has 0 fully saturated rings. The molecule has 4 rings (SSSR count). The van der Waals surface area contributed by atoms with Crippen molar-refractivity contribution >= 4 is 18.0 Å². The number of aliphatic carboxylic acids is 1. The molecule has 2 aromatic carbocycles. The smallest absolute Gasteiger partial charge is 0.407 e. The summed E-state index contributed by atoms with van der Waals surface area (Å²) in [5.41, 5.74) is 5.28. The molecule has 9 nitrogen and oxygen atoms in total. The Morgan fingerprint density at radius 1 is 1.03 bits per heavy atom. The Hall–Kier alpha value is -4.14. The largest absolute Gasteiger partial charge is 0.480 e. The van der Waals surface area contributed by atoms with Crippen LogP contribution >= 0.6 is 0 Å². The van der Waals surface area contributed by atoms with Gasteiger partial charge in [-0.1, -0.05) is 48.5 Å². The van der Waals surface area contributed by atoms with Gasteiger partial charge in [0.2, 0.25) is 5.91 Å². The summed E-state index contributed by atoms with van der Waals surface area (Å²) < 4.78 is 5.49. The van der Waals surface area contributed by atoms with E-state index in [2.05, 4.69) is 44.9 Å². The van der Waals surface area contributed by atoms with Crippen molar-refractivity contribution in [1.29, 1.82) is 0 Å². The fraction of sp³-hybridized carbons (Fsp3) is 0.308. The highest BCUT2D eigenvalue weighted by molar-refractivity contribution is 5.83. The van der Waals surface area contributed by atoms with Gasteiger partial charge >= 0.3 is 12.1 Å². The third-order valence-electron chi connectivity index (χ3n) is 6.06. The first-order valence-corrected chi connectivity index (χ1v) is 11.6. The number of rotatable bonds is 11. The van der Waals surface area contributed by atoms with Gasteiger partial charge in [0.15, 0.2) is 0 Å². The summed E-state index contributed by atoms with van der Waals surface area (Å²) in [6, 6.07) is 15.3. The molecule has 0 bridgehead atoms. The Morgan fingerprint density at radius 3 is 2.34 bits per heavy atom. The van der Waals surface area contributed by atoms with Gasteiger partial charge in [0, 0.05) is 37.2 Å². The number of carboxylic acid groups (broad SMARTS) is 1. The molecule has 1 atom stereocenters. The Bertz CT molecular complexity index is 1130. The summed E-state index contributed by atoms with van der Waals surface area (Å²) in [7, 11) is 0. The number of carbonyl (C=O) groups is 3. The van der Waals surface area contributed by atoms with Crippen LogP contribution in [0.4, 0.5) is 4.79 Å². The molecule has 1 heterocycles. The zero-order valence-electron chi connectivity index (χ0n) is 19.2. The number of aromatic amines is 1. The van der Waals surface area contributed by atoms with Gasteiger partial charge in [-0.25, -0.2) is 14.6 Å². The first-order valence-electron chi connectivity index (χ1n) is 11.6. The lowest BCUT2D eigenvalue weighted by atomic mass is 9.98. The van der Waals surface area contributed by atoms with Gasteiger partial charge in [-0.15, -0.1) is 0 Å². The summed E-state index contributed by atoms with van der Waals surface area (Å²) in [6.45, 7) is 0.607. The number of nitrogens with one attached hydrogen (secondary N) is 3. The van der Waals surface area contributed by atoms with E-state index >= 15 is 0 Å². The summed E-state index contributed by atoms with van der Waals surface area (Å²) in [6.07, 6.45) is 3.85. The second-order valence-electron chi connectivity index (χ2n) is 8.45. The fourth-order valence-corrected chi connectivity index (χ4v) is 4.33. The molecule has 1 aliphatic carbocycles. The minimum atomic E-state index is -1.11. The van der Waals surface area contributed by atoms with Crippen LogP contribution in [0.15, 0.2) is 61.1 Å². The van der Waals surface area contributed by atoms with Crippen molar-refractivity contribution in [2.45, 2.75) is 37.6 Å². The topological polar surface area (TPSA) is 133 Å². The standard InChI is InChI=1S/C26H28N4O5/c31-24(30-23(25(32)33)13-17-14-27-16-29-17)11-5-6-12-28-26(34)35-15-22-20-9-3-1-7-18(20)19-8-2-4-10-21(19)22/h1-4,7-10,14,16,22-23H,5-6,11-13,15H2,(H,27,29)(H,28,34)(H,30,31)(H,32,33)/t23-/m0/s1. The number of aromatic nitrogens is 2. The van der Waals surface area contributed by atoms with Crippen LogP contribution in [0.3, 0.4) is 0 Å². The molecule has 4 N–H and O–H groups in total. The number of imidazole rings is 1. The van der Waals surface area contributed by atoms with Crippen LogP contribution in [-0.4, -0.2) is 52.2 Å². The summed E-state index contributed by atoms with van der Waals surface area (Å²) in [5.74, 6) is -1.45. The zero-order chi connectivity index (χ0) is 24.6. The van der Waals surface area contributed by atoms with Crippen molar-refractivity contribution in [3.63, 3.8) is 0 Å². The fourth-order valence-electron chi connectivity index (χ4n) is 4.33. The van der Waals surface area contributed by atoms with Crippen molar-refractivity contribution in [1.82, 2.24) is 20.6 Å². The van der Waals surface area contributed by atoms with Crippen molar-refractivity contribution in [3.8, 4) is 11.1 Å². The highest BCUT2D eigenvalue weighted by Crippen LogP contribution is 2.44. The van der Waals surface area contributed by atoms with E-state index in [1.54, 1.807) is 0 Å². The number of hydrogen-bond acceptors (Lipinski definition) is 5. The Labute approximate surface area is 202 Å². The van der Waals surface area contributed by atoms with E-state index in [4.69, 9.17) is 4.74 Å². The molecule has 9 heteroatoms. The van der Waals surface area contributed by atoms with Gasteiger partial charge in [0.25, 0.3) is 0 Å². The monoisotopic (exact) mass is 476 g/mol. The molecule has 0 spiro atoms. The molecular weight excluding hydrogens is 448 g/mol. The maximum absolute atomic E-state index is 12.2. The average molecular weight is 477 g/mol. The zero-order valence-corrected chi connectivity index (χ0v) is 19.2. The maximum Gasteiger partial charge on any atom is 0.407 e. The second kappa shape index (κ2) is 11.3. The van der Waals surface area contributed by atoms with E-state index in [0.717, 1.165) is 11.1 Å². The van der Waals surface area contributed by atoms with Crippen molar-refractivity contribution in [2.24, 2.45) is 0 Å². The number of ether oxygens (including phenoxy) is 1. The lowest BCUT2D eigenvalue weighted by molar-refractivity contribution is -0.141. The van der Waals surface area contributed by atoms with Gasteiger partial charge in [-0.3, -0.25) is 4.79 Å². The first-order chi connectivity index (χ1) is 17.0. The SMILES string of the molecule is O=C(CCCCNC(=O)OCC1c2ccccc2-c2ccccc21)N[C@@H](Cc1cnc[nH]1)C(=O)O. The van der Waals surface area contributed by atoms with Crippen LogP contribution in [0.2, 0.25) is 0 Å². The first kappa shape index (κ1) is 24.0. The summed E-state index contributed by atoms with van der Waals surface area (Å²) >= 11 is 0. The van der Waals surface area contributed by atoms with Crippen LogP contribution in [0.5, 0.6) is 0 Å². The van der Waals surface area contributed by atoms with E-state index in [1.807, 2.05) is 24.3 Å². The summed E-state index contributed by atoms with van der Waals surface area (Å²) in [5, 5.41) is 14.6. The van der Waals surface area contributed by atoms with Gasteiger partial charge in [-0.05, 0) is 35.1 Å².